The topological polar surface area (TPSA) is 70.4 Å². The van der Waals surface area contributed by atoms with E-state index in [4.69, 9.17) is 4.18 Å². The minimum absolute atomic E-state index is 0.167. The molecule has 0 heterocycles. The van der Waals surface area contributed by atoms with E-state index in [1.165, 1.54) is 0 Å². The first kappa shape index (κ1) is 21.4. The van der Waals surface area contributed by atoms with Gasteiger partial charge in [-0.3, -0.25) is 4.18 Å². The Hall–Kier alpha value is -2.88. The largest absolute Gasteiger partial charge is 0.375 e. The molecular weight excluding hydrogens is 372 g/mol. The van der Waals surface area contributed by atoms with Crippen molar-refractivity contribution in [1.82, 2.24) is 0 Å². The van der Waals surface area contributed by atoms with Gasteiger partial charge in [0.1, 0.15) is 0 Å². The lowest BCUT2D eigenvalue weighted by atomic mass is 10.0. The van der Waals surface area contributed by atoms with E-state index in [2.05, 4.69) is 12.6 Å². The molecule has 0 aliphatic rings. The molecule has 0 N–H and O–H groups in total. The summed E-state index contributed by atoms with van der Waals surface area (Å²) in [5.74, 6) is 0. The van der Waals surface area contributed by atoms with E-state index in [0.717, 1.165) is 28.6 Å². The van der Waals surface area contributed by atoms with Crippen LogP contribution < -0.4 is 4.90 Å². The number of benzene rings is 2. The van der Waals surface area contributed by atoms with Crippen LogP contribution in [0.25, 0.3) is 17.7 Å². The fraction of sp³-hybridized carbons (Fsp3) is 0.227. The second-order valence-corrected chi connectivity index (χ2v) is 8.03. The molecule has 0 fully saturated rings. The van der Waals surface area contributed by atoms with Crippen molar-refractivity contribution in [2.24, 2.45) is 0 Å². The van der Waals surface area contributed by atoms with Crippen molar-refractivity contribution in [2.45, 2.75) is 6.42 Å². The summed E-state index contributed by atoms with van der Waals surface area (Å²) in [6, 6.07) is 17.8. The molecule has 0 radical (unpaired) electrons. The van der Waals surface area contributed by atoms with Crippen LogP contribution in [0.2, 0.25) is 0 Å². The first-order chi connectivity index (χ1) is 13.3. The van der Waals surface area contributed by atoms with Crippen molar-refractivity contribution in [3.63, 3.8) is 0 Å². The number of hydrogen-bond acceptors (Lipinski definition) is 5. The van der Waals surface area contributed by atoms with Crippen LogP contribution in [-0.4, -0.2) is 34.9 Å². The van der Waals surface area contributed by atoms with E-state index in [1.54, 1.807) is 6.08 Å². The molecular formula is C22H24N2O3S. The summed E-state index contributed by atoms with van der Waals surface area (Å²) in [7, 11) is -1.45. The van der Waals surface area contributed by atoms with Crippen LogP contribution >= 0.6 is 0 Å². The van der Waals surface area contributed by atoms with Crippen molar-refractivity contribution in [2.75, 3.05) is 31.4 Å². The molecule has 0 atom stereocenters. The van der Waals surface area contributed by atoms with Crippen molar-refractivity contribution >= 4 is 33.5 Å². The highest BCUT2D eigenvalue weighted by Gasteiger charge is 2.05. The Morgan fingerprint density at radius 1 is 1.14 bits per heavy atom. The number of anilines is 1. The van der Waals surface area contributed by atoms with Gasteiger partial charge in [0.25, 0.3) is 10.1 Å². The van der Waals surface area contributed by atoms with Crippen LogP contribution in [0.5, 0.6) is 0 Å². The second-order valence-electron chi connectivity index (χ2n) is 6.39. The first-order valence-electron chi connectivity index (χ1n) is 8.82. The first-order valence-corrected chi connectivity index (χ1v) is 10.6. The molecule has 5 nitrogen and oxygen atoms in total. The Kier molecular flexibility index (Phi) is 7.56. The van der Waals surface area contributed by atoms with Gasteiger partial charge in [-0.25, -0.2) is 0 Å². The number of nitrogens with zero attached hydrogens (tertiary/aromatic N) is 2. The molecule has 0 amide bonds. The maximum atomic E-state index is 11.0. The van der Waals surface area contributed by atoms with Gasteiger partial charge in [-0.2, -0.15) is 13.7 Å². The highest BCUT2D eigenvalue weighted by Crippen LogP contribution is 2.21. The molecule has 28 heavy (non-hydrogen) atoms. The SMILES string of the molecule is C=Cc1ccc(/C(C#N)=C/c2ccc(N(C)CCCOS(C)(=O)=O)cc2)cc1. The quantitative estimate of drug-likeness (QED) is 0.275. The van der Waals surface area contributed by atoms with Gasteiger partial charge in [0.05, 0.1) is 24.5 Å². The van der Waals surface area contributed by atoms with Gasteiger partial charge >= 0.3 is 0 Å². The van der Waals surface area contributed by atoms with Gasteiger partial charge in [-0.1, -0.05) is 49.1 Å². The minimum Gasteiger partial charge on any atom is -0.375 e. The third-order valence-corrected chi connectivity index (χ3v) is 4.75. The molecule has 0 saturated heterocycles. The van der Waals surface area contributed by atoms with Crippen LogP contribution in [0.1, 0.15) is 23.1 Å². The second kappa shape index (κ2) is 9.88. The molecule has 0 aliphatic carbocycles. The van der Waals surface area contributed by atoms with E-state index in [-0.39, 0.29) is 6.61 Å². The average molecular weight is 397 g/mol. The predicted octanol–water partition coefficient (Wildman–Crippen LogP) is 4.20. The molecule has 2 rings (SSSR count). The van der Waals surface area contributed by atoms with Gasteiger partial charge in [-0.05, 0) is 41.3 Å². The van der Waals surface area contributed by atoms with Crippen LogP contribution in [0.4, 0.5) is 5.69 Å². The summed E-state index contributed by atoms with van der Waals surface area (Å²) in [6.07, 6.45) is 5.27. The van der Waals surface area contributed by atoms with Gasteiger partial charge in [0.15, 0.2) is 0 Å². The molecule has 0 saturated carbocycles. The maximum Gasteiger partial charge on any atom is 0.264 e. The van der Waals surface area contributed by atoms with E-state index < -0.39 is 10.1 Å². The normalized spacial score (nSPS) is 11.7. The van der Waals surface area contributed by atoms with Crippen LogP contribution in [0, 0.1) is 11.3 Å². The van der Waals surface area contributed by atoms with Crippen LogP contribution in [-0.2, 0) is 14.3 Å². The van der Waals surface area contributed by atoms with Crippen molar-refractivity contribution in [3.8, 4) is 6.07 Å². The molecule has 2 aromatic carbocycles. The molecule has 6 heteroatoms. The smallest absolute Gasteiger partial charge is 0.264 e. The monoisotopic (exact) mass is 396 g/mol. The predicted molar refractivity (Wildman–Crippen MR) is 115 cm³/mol. The summed E-state index contributed by atoms with van der Waals surface area (Å²) in [5.41, 5.74) is 4.40. The molecule has 0 unspecified atom stereocenters. The number of rotatable bonds is 9. The number of allylic oxidation sites excluding steroid dienone is 1. The highest BCUT2D eigenvalue weighted by atomic mass is 32.2. The minimum atomic E-state index is -3.39. The molecule has 0 bridgehead atoms. The zero-order chi connectivity index (χ0) is 20.6. The Morgan fingerprint density at radius 2 is 1.75 bits per heavy atom. The van der Waals surface area contributed by atoms with Crippen LogP contribution in [0.15, 0.2) is 55.1 Å². The number of hydrogen-bond donors (Lipinski definition) is 0. The number of nitriles is 1. The molecule has 2 aromatic rings. The lowest BCUT2D eigenvalue weighted by Gasteiger charge is -2.19. The Balaban J connectivity index is 2.02. The van der Waals surface area contributed by atoms with Gasteiger partial charge in [-0.15, -0.1) is 0 Å². The van der Waals surface area contributed by atoms with E-state index in [0.29, 0.717) is 18.5 Å². The maximum absolute atomic E-state index is 11.0. The van der Waals surface area contributed by atoms with Gasteiger partial charge in [0, 0.05) is 19.3 Å². The molecule has 0 aliphatic heterocycles. The lowest BCUT2D eigenvalue weighted by molar-refractivity contribution is 0.317. The van der Waals surface area contributed by atoms with Gasteiger partial charge < -0.3 is 4.90 Å². The zero-order valence-electron chi connectivity index (χ0n) is 16.1. The fourth-order valence-electron chi connectivity index (χ4n) is 2.61. The van der Waals surface area contributed by atoms with E-state index >= 15 is 0 Å². The standard InChI is InChI=1S/C22H24N2O3S/c1-4-18-6-10-20(11-7-18)21(17-23)16-19-8-12-22(13-9-19)24(2)14-5-15-27-28(3,25)26/h4,6-13,16H,1,5,14-15H2,2-3H3/b21-16+. The highest BCUT2D eigenvalue weighted by molar-refractivity contribution is 7.85. The molecule has 0 aromatic heterocycles. The Morgan fingerprint density at radius 3 is 2.29 bits per heavy atom. The summed E-state index contributed by atoms with van der Waals surface area (Å²) >= 11 is 0. The van der Waals surface area contributed by atoms with Crippen molar-refractivity contribution in [1.29, 1.82) is 5.26 Å². The molecule has 0 spiro atoms. The third-order valence-electron chi connectivity index (χ3n) is 4.16. The van der Waals surface area contributed by atoms with E-state index in [9.17, 15) is 13.7 Å². The van der Waals surface area contributed by atoms with E-state index in [1.807, 2.05) is 66.6 Å². The summed E-state index contributed by atoms with van der Waals surface area (Å²) in [4.78, 5) is 2.03. The van der Waals surface area contributed by atoms with Crippen molar-refractivity contribution in [3.05, 3.63) is 71.8 Å². The fourth-order valence-corrected chi connectivity index (χ4v) is 3.03. The molecule has 146 valence electrons. The Labute approximate surface area is 167 Å². The average Bonchev–Trinajstić information content (AvgIpc) is 2.69. The zero-order valence-corrected chi connectivity index (χ0v) is 16.9. The third kappa shape index (κ3) is 6.69. The Bertz CT molecular complexity index is 970. The van der Waals surface area contributed by atoms with Crippen molar-refractivity contribution < 1.29 is 12.6 Å². The summed E-state index contributed by atoms with van der Waals surface area (Å²) in [6.45, 7) is 4.57. The summed E-state index contributed by atoms with van der Waals surface area (Å²) in [5, 5.41) is 9.49. The van der Waals surface area contributed by atoms with Crippen LogP contribution in [0.3, 0.4) is 0 Å². The van der Waals surface area contributed by atoms with Gasteiger partial charge in [0.2, 0.25) is 0 Å². The lowest BCUT2D eigenvalue weighted by Crippen LogP contribution is -2.20. The summed E-state index contributed by atoms with van der Waals surface area (Å²) < 4.78 is 26.7.